The maximum absolute atomic E-state index is 11.0. The van der Waals surface area contributed by atoms with Crippen LogP contribution in [0.25, 0.3) is 17.1 Å². The van der Waals surface area contributed by atoms with Crippen LogP contribution in [0.2, 0.25) is 5.02 Å². The molecule has 1 aliphatic rings. The molecule has 0 saturated heterocycles. The quantitative estimate of drug-likeness (QED) is 0.391. The lowest BCUT2D eigenvalue weighted by Gasteiger charge is -2.07. The number of hydrogen-bond donors (Lipinski definition) is 0. The van der Waals surface area contributed by atoms with Crippen molar-refractivity contribution in [3.05, 3.63) is 57.4 Å². The molecule has 0 bridgehead atoms. The zero-order chi connectivity index (χ0) is 16.1. The third-order valence-electron chi connectivity index (χ3n) is 3.50. The maximum Gasteiger partial charge on any atom is 0.291 e. The fourth-order valence-electron chi connectivity index (χ4n) is 2.52. The number of rotatable bonds is 1. The molecule has 0 unspecified atom stereocenters. The smallest absolute Gasteiger partial charge is 0.291 e. The van der Waals surface area contributed by atoms with E-state index in [1.165, 1.54) is 12.3 Å². The number of pyridine rings is 1. The Morgan fingerprint density at radius 3 is 2.87 bits per heavy atom. The van der Waals surface area contributed by atoms with Gasteiger partial charge in [-0.2, -0.15) is 5.10 Å². The van der Waals surface area contributed by atoms with Crippen LogP contribution in [0.3, 0.4) is 0 Å². The van der Waals surface area contributed by atoms with Crippen LogP contribution >= 0.6 is 11.6 Å². The summed E-state index contributed by atoms with van der Waals surface area (Å²) >= 11 is 6.09. The van der Waals surface area contributed by atoms with Crippen LogP contribution < -0.4 is 4.74 Å². The molecular formula is C15H9ClN4O3. The zero-order valence-electron chi connectivity index (χ0n) is 11.9. The molecule has 2 aromatic heterocycles. The third kappa shape index (κ3) is 2.13. The van der Waals surface area contributed by atoms with E-state index in [9.17, 15) is 10.1 Å². The average molecular weight is 329 g/mol. The molecule has 8 heteroatoms. The van der Waals surface area contributed by atoms with Crippen molar-refractivity contribution < 1.29 is 9.66 Å². The Kier molecular flexibility index (Phi) is 2.85. The first kappa shape index (κ1) is 13.7. The van der Waals surface area contributed by atoms with Gasteiger partial charge in [-0.25, -0.2) is 9.67 Å². The lowest BCUT2D eigenvalue weighted by molar-refractivity contribution is -0.385. The number of fused-ring (bicyclic) bond motifs is 5. The van der Waals surface area contributed by atoms with E-state index >= 15 is 0 Å². The summed E-state index contributed by atoms with van der Waals surface area (Å²) in [6, 6.07) is 8.41. The van der Waals surface area contributed by atoms with Gasteiger partial charge < -0.3 is 4.74 Å². The van der Waals surface area contributed by atoms with E-state index in [2.05, 4.69) is 10.1 Å². The van der Waals surface area contributed by atoms with Gasteiger partial charge in [0.15, 0.2) is 11.6 Å². The summed E-state index contributed by atoms with van der Waals surface area (Å²) in [6.45, 7) is 1.86. The van der Waals surface area contributed by atoms with Gasteiger partial charge in [0.2, 0.25) is 0 Å². The molecule has 0 radical (unpaired) electrons. The summed E-state index contributed by atoms with van der Waals surface area (Å²) in [5.41, 5.74) is 2.16. The highest BCUT2D eigenvalue weighted by Gasteiger charge is 2.25. The summed E-state index contributed by atoms with van der Waals surface area (Å²) in [5.74, 6) is 1.20. The van der Waals surface area contributed by atoms with Gasteiger partial charge in [0.25, 0.3) is 5.69 Å². The lowest BCUT2D eigenvalue weighted by atomic mass is 10.1. The molecule has 1 aliphatic heterocycles. The minimum Gasteiger partial charge on any atom is -0.452 e. The largest absolute Gasteiger partial charge is 0.452 e. The molecule has 3 heterocycles. The first-order valence-corrected chi connectivity index (χ1v) is 7.10. The number of benzene rings is 1. The maximum atomic E-state index is 11.0. The molecule has 114 valence electrons. The van der Waals surface area contributed by atoms with E-state index in [-0.39, 0.29) is 11.4 Å². The predicted octanol–water partition coefficient (Wildman–Crippen LogP) is 3.91. The normalized spacial score (nSPS) is 11.7. The third-order valence-corrected chi connectivity index (χ3v) is 3.73. The molecule has 0 saturated carbocycles. The van der Waals surface area contributed by atoms with Crippen LogP contribution in [-0.4, -0.2) is 19.7 Å². The van der Waals surface area contributed by atoms with E-state index in [0.29, 0.717) is 16.6 Å². The highest BCUT2D eigenvalue weighted by atomic mass is 35.5. The predicted molar refractivity (Wildman–Crippen MR) is 83.3 cm³/mol. The molecule has 7 nitrogen and oxygen atoms in total. The number of halogens is 1. The molecule has 0 fully saturated rings. The number of aromatic nitrogens is 3. The second-order valence-electron chi connectivity index (χ2n) is 5.10. The molecule has 0 spiro atoms. The van der Waals surface area contributed by atoms with Crippen LogP contribution in [0.15, 0.2) is 36.5 Å². The lowest BCUT2D eigenvalue weighted by Crippen LogP contribution is -2.02. The summed E-state index contributed by atoms with van der Waals surface area (Å²) in [4.78, 5) is 14.6. The fourth-order valence-corrected chi connectivity index (χ4v) is 2.70. The minimum atomic E-state index is -0.514. The van der Waals surface area contributed by atoms with Crippen LogP contribution in [0.5, 0.6) is 11.5 Å². The summed E-state index contributed by atoms with van der Waals surface area (Å²) < 4.78 is 7.45. The van der Waals surface area contributed by atoms with Crippen molar-refractivity contribution in [1.29, 1.82) is 0 Å². The number of hydrogen-bond acceptors (Lipinski definition) is 5. The Morgan fingerprint density at radius 1 is 1.26 bits per heavy atom. The van der Waals surface area contributed by atoms with Gasteiger partial charge >= 0.3 is 0 Å². The molecule has 23 heavy (non-hydrogen) atoms. The number of nitrogens with zero attached hydrogens (tertiary/aromatic N) is 4. The van der Waals surface area contributed by atoms with Crippen molar-refractivity contribution in [2.45, 2.75) is 6.92 Å². The SMILES string of the molecule is Cc1cc2n(n1)-c1ncc([N+](=O)[O-])cc1Oc1ccc(Cl)cc1-2. The Labute approximate surface area is 135 Å². The van der Waals surface area contributed by atoms with E-state index in [4.69, 9.17) is 16.3 Å². The number of ether oxygens (including phenoxy) is 1. The van der Waals surface area contributed by atoms with Crippen LogP contribution in [-0.2, 0) is 0 Å². The highest BCUT2D eigenvalue weighted by molar-refractivity contribution is 6.31. The van der Waals surface area contributed by atoms with E-state index in [1.54, 1.807) is 22.9 Å². The minimum absolute atomic E-state index is 0.147. The summed E-state index contributed by atoms with van der Waals surface area (Å²) in [6.07, 6.45) is 1.19. The van der Waals surface area contributed by atoms with Gasteiger partial charge in [-0.3, -0.25) is 10.1 Å². The molecule has 0 aliphatic carbocycles. The van der Waals surface area contributed by atoms with Crippen molar-refractivity contribution in [2.24, 2.45) is 0 Å². The highest BCUT2D eigenvalue weighted by Crippen LogP contribution is 2.42. The summed E-state index contributed by atoms with van der Waals surface area (Å²) in [7, 11) is 0. The Bertz CT molecular complexity index is 967. The molecule has 4 rings (SSSR count). The molecule has 0 amide bonds. The van der Waals surface area contributed by atoms with Crippen LogP contribution in [0.4, 0.5) is 5.69 Å². The van der Waals surface area contributed by atoms with Crippen molar-refractivity contribution in [3.8, 4) is 28.6 Å². The first-order chi connectivity index (χ1) is 11.0. The Hall–Kier alpha value is -2.93. The monoisotopic (exact) mass is 328 g/mol. The topological polar surface area (TPSA) is 83.1 Å². The van der Waals surface area contributed by atoms with Gasteiger partial charge in [-0.15, -0.1) is 0 Å². The van der Waals surface area contributed by atoms with E-state index < -0.39 is 4.92 Å². The van der Waals surface area contributed by atoms with Gasteiger partial charge in [0, 0.05) is 10.6 Å². The number of aryl methyl sites for hydroxylation is 1. The summed E-state index contributed by atoms with van der Waals surface area (Å²) in [5, 5.41) is 16.0. The Morgan fingerprint density at radius 2 is 2.09 bits per heavy atom. The van der Waals surface area contributed by atoms with Gasteiger partial charge in [-0.1, -0.05) is 11.6 Å². The van der Waals surface area contributed by atoms with Crippen molar-refractivity contribution in [3.63, 3.8) is 0 Å². The standard InChI is InChI=1S/C15H9ClN4O3/c1-8-4-12-11-5-9(16)2-3-13(11)23-14-6-10(20(21)22)7-17-15(14)19(12)18-8/h2-7H,1H3. The number of nitro groups is 1. The van der Waals surface area contributed by atoms with E-state index in [0.717, 1.165) is 17.0 Å². The van der Waals surface area contributed by atoms with Crippen LogP contribution in [0, 0.1) is 17.0 Å². The molecular weight excluding hydrogens is 320 g/mol. The van der Waals surface area contributed by atoms with Gasteiger partial charge in [0.1, 0.15) is 11.9 Å². The van der Waals surface area contributed by atoms with Crippen molar-refractivity contribution in [2.75, 3.05) is 0 Å². The molecule has 3 aromatic rings. The molecule has 1 aromatic carbocycles. The Balaban J connectivity index is 2.04. The molecule has 0 atom stereocenters. The van der Waals surface area contributed by atoms with Gasteiger partial charge in [-0.05, 0) is 31.2 Å². The second-order valence-corrected chi connectivity index (χ2v) is 5.53. The fraction of sp³-hybridized carbons (Fsp3) is 0.0667. The van der Waals surface area contributed by atoms with Crippen molar-refractivity contribution >= 4 is 17.3 Å². The van der Waals surface area contributed by atoms with Crippen LogP contribution in [0.1, 0.15) is 5.69 Å². The average Bonchev–Trinajstić information content (AvgIpc) is 2.85. The first-order valence-electron chi connectivity index (χ1n) is 6.72. The van der Waals surface area contributed by atoms with Crippen molar-refractivity contribution in [1.82, 2.24) is 14.8 Å². The second kappa shape index (κ2) is 4.79. The zero-order valence-corrected chi connectivity index (χ0v) is 12.6. The molecule has 0 N–H and O–H groups in total. The van der Waals surface area contributed by atoms with E-state index in [1.807, 2.05) is 13.0 Å². The van der Waals surface area contributed by atoms with Gasteiger partial charge in [0.05, 0.1) is 22.4 Å².